The van der Waals surface area contributed by atoms with Crippen molar-refractivity contribution in [3.8, 4) is 16.3 Å². The quantitative estimate of drug-likeness (QED) is 0.476. The van der Waals surface area contributed by atoms with Gasteiger partial charge in [-0.25, -0.2) is 9.78 Å². The molecule has 0 radical (unpaired) electrons. The number of hydrogen-bond acceptors (Lipinski definition) is 6. The van der Waals surface area contributed by atoms with E-state index in [-0.39, 0.29) is 12.6 Å². The average Bonchev–Trinajstić information content (AvgIpc) is 3.30. The summed E-state index contributed by atoms with van der Waals surface area (Å²) in [6, 6.07) is 9.64. The van der Waals surface area contributed by atoms with Gasteiger partial charge in [-0.05, 0) is 52.7 Å². The molecule has 0 fully saturated rings. The van der Waals surface area contributed by atoms with Gasteiger partial charge in [-0.1, -0.05) is 0 Å². The Morgan fingerprint density at radius 1 is 1.21 bits per heavy atom. The van der Waals surface area contributed by atoms with Gasteiger partial charge in [0.1, 0.15) is 17.4 Å². The molecule has 0 atom stereocenters. The van der Waals surface area contributed by atoms with E-state index in [4.69, 9.17) is 9.47 Å². The zero-order valence-corrected chi connectivity index (χ0v) is 14.6. The third kappa shape index (κ3) is 4.31. The van der Waals surface area contributed by atoms with Crippen molar-refractivity contribution in [2.75, 3.05) is 7.11 Å². The highest BCUT2D eigenvalue weighted by molar-refractivity contribution is 7.13. The Bertz CT molecular complexity index is 820. The van der Waals surface area contributed by atoms with Crippen molar-refractivity contribution in [2.45, 2.75) is 6.61 Å². The molecule has 0 aliphatic carbocycles. The van der Waals surface area contributed by atoms with Crippen LogP contribution < -0.4 is 4.74 Å². The molecular weight excluding hydrogens is 342 g/mol. The minimum atomic E-state index is -0.375. The third-order valence-corrected chi connectivity index (χ3v) is 4.85. The van der Waals surface area contributed by atoms with Crippen molar-refractivity contribution in [3.05, 3.63) is 63.8 Å². The third-order valence-electron chi connectivity index (χ3n) is 3.21. The molecule has 3 aromatic rings. The van der Waals surface area contributed by atoms with Crippen LogP contribution in [0.25, 0.3) is 16.6 Å². The number of nitrogens with zero attached hydrogens (tertiary/aromatic N) is 1. The minimum absolute atomic E-state index is 0.166. The fourth-order valence-corrected chi connectivity index (χ4v) is 3.41. The van der Waals surface area contributed by atoms with E-state index in [1.165, 1.54) is 17.4 Å². The average molecular weight is 357 g/mol. The molecule has 0 saturated carbocycles. The second-order valence-corrected chi connectivity index (χ2v) is 6.51. The molecule has 0 spiro atoms. The van der Waals surface area contributed by atoms with Crippen LogP contribution in [0.3, 0.4) is 0 Å². The van der Waals surface area contributed by atoms with Crippen LogP contribution in [-0.2, 0) is 16.1 Å². The highest BCUT2D eigenvalue weighted by atomic mass is 32.1. The van der Waals surface area contributed by atoms with Crippen molar-refractivity contribution >= 4 is 34.7 Å². The highest BCUT2D eigenvalue weighted by Crippen LogP contribution is 2.25. The molecule has 0 N–H and O–H groups in total. The number of methoxy groups -OCH3 is 1. The summed E-state index contributed by atoms with van der Waals surface area (Å²) in [7, 11) is 1.64. The summed E-state index contributed by atoms with van der Waals surface area (Å²) in [4.78, 5) is 16.2. The molecule has 2 aromatic heterocycles. The molecule has 0 aliphatic heterocycles. The van der Waals surface area contributed by atoms with Gasteiger partial charge in [-0.15, -0.1) is 11.3 Å². The Kier molecular flexibility index (Phi) is 5.40. The molecule has 122 valence electrons. The Hall–Kier alpha value is -2.44. The number of esters is 1. The van der Waals surface area contributed by atoms with Gasteiger partial charge >= 0.3 is 5.97 Å². The highest BCUT2D eigenvalue weighted by Gasteiger charge is 2.07. The number of hydrogen-bond donors (Lipinski definition) is 0. The SMILES string of the molecule is COc1ccc(-c2nc(COC(=O)/C=C/c3ccsc3)cs2)cc1. The van der Waals surface area contributed by atoms with Crippen LogP contribution in [0.4, 0.5) is 0 Å². The molecule has 4 nitrogen and oxygen atoms in total. The number of carbonyl (C=O) groups excluding carboxylic acids is 1. The second kappa shape index (κ2) is 7.90. The first-order valence-corrected chi connectivity index (χ1v) is 9.03. The maximum absolute atomic E-state index is 11.7. The van der Waals surface area contributed by atoms with E-state index in [0.29, 0.717) is 0 Å². The summed E-state index contributed by atoms with van der Waals surface area (Å²) in [5.41, 5.74) is 2.74. The maximum Gasteiger partial charge on any atom is 0.331 e. The Labute approximate surface area is 148 Å². The smallest absolute Gasteiger partial charge is 0.331 e. The fraction of sp³-hybridized carbons (Fsp3) is 0.111. The summed E-state index contributed by atoms with van der Waals surface area (Å²) in [5.74, 6) is 0.432. The van der Waals surface area contributed by atoms with Crippen LogP contribution in [0.15, 0.2) is 52.5 Å². The standard InChI is InChI=1S/C18H15NO3S2/c1-21-16-5-3-14(4-6-16)18-19-15(12-24-18)10-22-17(20)7-2-13-8-9-23-11-13/h2-9,11-12H,10H2,1H3/b7-2+. The molecule has 0 amide bonds. The summed E-state index contributed by atoms with van der Waals surface area (Å²) in [6.45, 7) is 0.166. The molecule has 6 heteroatoms. The molecule has 2 heterocycles. The zero-order valence-electron chi connectivity index (χ0n) is 13.0. The predicted octanol–water partition coefficient (Wildman–Crippen LogP) is 4.64. The van der Waals surface area contributed by atoms with Gasteiger partial charge in [0, 0.05) is 17.0 Å². The van der Waals surface area contributed by atoms with E-state index < -0.39 is 0 Å². The summed E-state index contributed by atoms with van der Waals surface area (Å²) >= 11 is 3.10. The molecular formula is C18H15NO3S2. The first kappa shape index (κ1) is 16.4. The molecule has 3 rings (SSSR count). The minimum Gasteiger partial charge on any atom is -0.497 e. The largest absolute Gasteiger partial charge is 0.497 e. The normalized spacial score (nSPS) is 10.9. The number of aromatic nitrogens is 1. The fourth-order valence-electron chi connectivity index (χ4n) is 1.97. The monoisotopic (exact) mass is 357 g/mol. The van der Waals surface area contributed by atoms with Crippen LogP contribution in [0.5, 0.6) is 5.75 Å². The summed E-state index contributed by atoms with van der Waals surface area (Å²) in [6.07, 6.45) is 3.17. The second-order valence-electron chi connectivity index (χ2n) is 4.87. The van der Waals surface area contributed by atoms with Gasteiger partial charge in [-0.3, -0.25) is 0 Å². The van der Waals surface area contributed by atoms with E-state index in [1.807, 2.05) is 46.5 Å². The van der Waals surface area contributed by atoms with E-state index in [9.17, 15) is 4.79 Å². The van der Waals surface area contributed by atoms with Crippen LogP contribution in [0.1, 0.15) is 11.3 Å². The summed E-state index contributed by atoms with van der Waals surface area (Å²) in [5, 5.41) is 6.71. The van der Waals surface area contributed by atoms with E-state index >= 15 is 0 Å². The van der Waals surface area contributed by atoms with Crippen LogP contribution in [-0.4, -0.2) is 18.1 Å². The van der Waals surface area contributed by atoms with Crippen LogP contribution in [0, 0.1) is 0 Å². The lowest BCUT2D eigenvalue weighted by atomic mass is 10.2. The molecule has 0 bridgehead atoms. The number of thiophene rings is 1. The van der Waals surface area contributed by atoms with Gasteiger partial charge < -0.3 is 9.47 Å². The molecule has 24 heavy (non-hydrogen) atoms. The first-order chi connectivity index (χ1) is 11.7. The van der Waals surface area contributed by atoms with Crippen molar-refractivity contribution in [2.24, 2.45) is 0 Å². The Balaban J connectivity index is 1.56. The lowest BCUT2D eigenvalue weighted by molar-refractivity contribution is -0.139. The Morgan fingerprint density at radius 2 is 2.04 bits per heavy atom. The van der Waals surface area contributed by atoms with Gasteiger partial charge in [0.25, 0.3) is 0 Å². The summed E-state index contributed by atoms with van der Waals surface area (Å²) < 4.78 is 10.4. The van der Waals surface area contributed by atoms with Crippen molar-refractivity contribution in [3.63, 3.8) is 0 Å². The van der Waals surface area contributed by atoms with Gasteiger partial charge in [-0.2, -0.15) is 11.3 Å². The molecule has 0 saturated heterocycles. The van der Waals surface area contributed by atoms with Crippen molar-refractivity contribution in [1.82, 2.24) is 4.98 Å². The number of rotatable bonds is 6. The Morgan fingerprint density at radius 3 is 2.75 bits per heavy atom. The predicted molar refractivity (Wildman–Crippen MR) is 97.3 cm³/mol. The van der Waals surface area contributed by atoms with Gasteiger partial charge in [0.2, 0.25) is 0 Å². The number of carbonyl (C=O) groups is 1. The molecule has 1 aromatic carbocycles. The van der Waals surface area contributed by atoms with Gasteiger partial charge in [0.15, 0.2) is 0 Å². The molecule has 0 unspecified atom stereocenters. The molecule has 0 aliphatic rings. The maximum atomic E-state index is 11.7. The topological polar surface area (TPSA) is 48.4 Å². The number of thiazole rings is 1. The lowest BCUT2D eigenvalue weighted by Gasteiger charge is -2.00. The van der Waals surface area contributed by atoms with Crippen LogP contribution >= 0.6 is 22.7 Å². The van der Waals surface area contributed by atoms with E-state index in [2.05, 4.69) is 4.98 Å². The van der Waals surface area contributed by atoms with Crippen molar-refractivity contribution in [1.29, 1.82) is 0 Å². The lowest BCUT2D eigenvalue weighted by Crippen LogP contribution is -2.00. The van der Waals surface area contributed by atoms with Gasteiger partial charge in [0.05, 0.1) is 12.8 Å². The van der Waals surface area contributed by atoms with Crippen molar-refractivity contribution < 1.29 is 14.3 Å². The first-order valence-electron chi connectivity index (χ1n) is 7.20. The van der Waals surface area contributed by atoms with Crippen LogP contribution in [0.2, 0.25) is 0 Å². The van der Waals surface area contributed by atoms with E-state index in [1.54, 1.807) is 24.5 Å². The number of ether oxygens (including phenoxy) is 2. The van der Waals surface area contributed by atoms with E-state index in [0.717, 1.165) is 27.6 Å². The number of benzene rings is 1. The zero-order chi connectivity index (χ0) is 16.8.